The number of rotatable bonds is 2. The molecule has 0 unspecified atom stereocenters. The number of benzene rings is 1. The quantitative estimate of drug-likeness (QED) is 0.678. The first kappa shape index (κ1) is 8.69. The van der Waals surface area contributed by atoms with Crippen molar-refractivity contribution in [1.29, 1.82) is 0 Å². The van der Waals surface area contributed by atoms with E-state index in [1.54, 1.807) is 0 Å². The number of carbonyl (C=O) groups is 1. The zero-order valence-corrected chi connectivity index (χ0v) is 7.73. The Kier molecular flexibility index (Phi) is 2.14. The molecule has 0 bridgehead atoms. The first-order chi connectivity index (χ1) is 6.83. The Morgan fingerprint density at radius 2 is 2.07 bits per heavy atom. The number of aldehydes is 1. The van der Waals surface area contributed by atoms with Crippen molar-refractivity contribution in [2.75, 3.05) is 0 Å². The van der Waals surface area contributed by atoms with Crippen LogP contribution in [0.3, 0.4) is 0 Å². The van der Waals surface area contributed by atoms with Gasteiger partial charge < -0.3 is 4.52 Å². The Bertz CT molecular complexity index is 460. The summed E-state index contributed by atoms with van der Waals surface area (Å²) in [5, 5.41) is 3.61. The van der Waals surface area contributed by atoms with Gasteiger partial charge in [0.25, 0.3) is 0 Å². The minimum atomic E-state index is 0.347. The second-order valence-electron chi connectivity index (χ2n) is 3.05. The second kappa shape index (κ2) is 3.46. The van der Waals surface area contributed by atoms with E-state index in [9.17, 15) is 4.79 Å². The molecular formula is C11H9NO2. The van der Waals surface area contributed by atoms with E-state index < -0.39 is 0 Å². The van der Waals surface area contributed by atoms with E-state index in [2.05, 4.69) is 5.16 Å². The summed E-state index contributed by atoms with van der Waals surface area (Å²) in [5.41, 5.74) is 3.17. The van der Waals surface area contributed by atoms with Crippen LogP contribution in [0.4, 0.5) is 0 Å². The third-order valence-electron chi connectivity index (χ3n) is 2.14. The Morgan fingerprint density at radius 1 is 1.29 bits per heavy atom. The fraction of sp³-hybridized carbons (Fsp3) is 0.0909. The second-order valence-corrected chi connectivity index (χ2v) is 3.05. The van der Waals surface area contributed by atoms with Crippen LogP contribution >= 0.6 is 0 Å². The van der Waals surface area contributed by atoms with Crippen LogP contribution in [0.2, 0.25) is 0 Å². The molecule has 0 N–H and O–H groups in total. The average molecular weight is 187 g/mol. The van der Waals surface area contributed by atoms with E-state index in [1.807, 2.05) is 31.2 Å². The molecule has 0 saturated heterocycles. The SMILES string of the molecule is Cc1ccccc1-c1conc1C=O. The first-order valence-corrected chi connectivity index (χ1v) is 4.28. The van der Waals surface area contributed by atoms with Crippen LogP contribution in [-0.4, -0.2) is 11.4 Å². The molecule has 2 aromatic rings. The van der Waals surface area contributed by atoms with Crippen molar-refractivity contribution in [2.45, 2.75) is 6.92 Å². The van der Waals surface area contributed by atoms with Crippen LogP contribution in [-0.2, 0) is 0 Å². The minimum absolute atomic E-state index is 0.347. The van der Waals surface area contributed by atoms with E-state index in [-0.39, 0.29) is 0 Å². The lowest BCUT2D eigenvalue weighted by Gasteiger charge is -2.01. The normalized spacial score (nSPS) is 10.1. The summed E-state index contributed by atoms with van der Waals surface area (Å²) in [4.78, 5) is 10.7. The van der Waals surface area contributed by atoms with Gasteiger partial charge in [0.05, 0.1) is 5.56 Å². The molecule has 0 aliphatic carbocycles. The van der Waals surface area contributed by atoms with Gasteiger partial charge >= 0.3 is 0 Å². The van der Waals surface area contributed by atoms with E-state index in [1.165, 1.54) is 6.26 Å². The average Bonchev–Trinajstić information content (AvgIpc) is 2.66. The zero-order chi connectivity index (χ0) is 9.97. The lowest BCUT2D eigenvalue weighted by Crippen LogP contribution is -1.86. The highest BCUT2D eigenvalue weighted by atomic mass is 16.5. The van der Waals surface area contributed by atoms with Crippen molar-refractivity contribution in [3.63, 3.8) is 0 Å². The molecule has 0 radical (unpaired) electrons. The van der Waals surface area contributed by atoms with Gasteiger partial charge in [-0.15, -0.1) is 0 Å². The molecule has 0 amide bonds. The number of hydrogen-bond acceptors (Lipinski definition) is 3. The molecule has 1 heterocycles. The monoisotopic (exact) mass is 187 g/mol. The van der Waals surface area contributed by atoms with E-state index in [0.717, 1.165) is 16.7 Å². The van der Waals surface area contributed by atoms with E-state index >= 15 is 0 Å². The van der Waals surface area contributed by atoms with Crippen molar-refractivity contribution in [1.82, 2.24) is 5.16 Å². The predicted molar refractivity (Wildman–Crippen MR) is 52.1 cm³/mol. The Balaban J connectivity index is 2.60. The fourth-order valence-electron chi connectivity index (χ4n) is 1.41. The van der Waals surface area contributed by atoms with Crippen LogP contribution in [0.25, 0.3) is 11.1 Å². The molecule has 0 aliphatic rings. The molecule has 0 fully saturated rings. The van der Waals surface area contributed by atoms with Gasteiger partial charge in [-0.3, -0.25) is 4.79 Å². The van der Waals surface area contributed by atoms with Crippen LogP contribution < -0.4 is 0 Å². The Hall–Kier alpha value is -1.90. The molecule has 2 rings (SSSR count). The lowest BCUT2D eigenvalue weighted by molar-refractivity contribution is 0.111. The fourth-order valence-corrected chi connectivity index (χ4v) is 1.41. The summed E-state index contributed by atoms with van der Waals surface area (Å²) < 4.78 is 4.76. The topological polar surface area (TPSA) is 43.1 Å². The molecule has 3 heteroatoms. The van der Waals surface area contributed by atoms with Gasteiger partial charge in [0.15, 0.2) is 12.0 Å². The first-order valence-electron chi connectivity index (χ1n) is 4.28. The van der Waals surface area contributed by atoms with Crippen molar-refractivity contribution < 1.29 is 9.32 Å². The maximum Gasteiger partial charge on any atom is 0.172 e. The van der Waals surface area contributed by atoms with Gasteiger partial charge in [-0.05, 0) is 18.1 Å². The highest BCUT2D eigenvalue weighted by molar-refractivity contribution is 5.85. The molecule has 70 valence electrons. The largest absolute Gasteiger partial charge is 0.363 e. The number of hydrogen-bond donors (Lipinski definition) is 0. The standard InChI is InChI=1S/C11H9NO2/c1-8-4-2-3-5-9(8)10-7-14-12-11(10)6-13/h2-7H,1H3. The van der Waals surface area contributed by atoms with Gasteiger partial charge in [-0.2, -0.15) is 0 Å². The summed E-state index contributed by atoms with van der Waals surface area (Å²) in [6.45, 7) is 1.98. The number of carbonyl (C=O) groups excluding carboxylic acids is 1. The van der Waals surface area contributed by atoms with E-state index in [4.69, 9.17) is 4.52 Å². The van der Waals surface area contributed by atoms with Crippen molar-refractivity contribution in [2.24, 2.45) is 0 Å². The molecule has 1 aromatic carbocycles. The number of aryl methyl sites for hydroxylation is 1. The highest BCUT2D eigenvalue weighted by Crippen LogP contribution is 2.24. The summed E-state index contributed by atoms with van der Waals surface area (Å²) in [6.07, 6.45) is 2.19. The third-order valence-corrected chi connectivity index (χ3v) is 2.14. The van der Waals surface area contributed by atoms with Gasteiger partial charge in [0.2, 0.25) is 0 Å². The zero-order valence-electron chi connectivity index (χ0n) is 7.73. The van der Waals surface area contributed by atoms with E-state index in [0.29, 0.717) is 12.0 Å². The molecule has 3 nitrogen and oxygen atoms in total. The van der Waals surface area contributed by atoms with Gasteiger partial charge in [-0.1, -0.05) is 29.4 Å². The van der Waals surface area contributed by atoms with Crippen LogP contribution in [0.1, 0.15) is 16.1 Å². The maximum atomic E-state index is 10.7. The Labute approximate surface area is 81.3 Å². The summed E-state index contributed by atoms with van der Waals surface area (Å²) in [5.74, 6) is 0. The summed E-state index contributed by atoms with van der Waals surface area (Å²) >= 11 is 0. The number of nitrogens with zero attached hydrogens (tertiary/aromatic N) is 1. The minimum Gasteiger partial charge on any atom is -0.363 e. The van der Waals surface area contributed by atoms with Crippen LogP contribution in [0.15, 0.2) is 35.1 Å². The van der Waals surface area contributed by atoms with Gasteiger partial charge in [-0.25, -0.2) is 0 Å². The molecule has 0 atom stereocenters. The summed E-state index contributed by atoms with van der Waals surface area (Å²) in [7, 11) is 0. The smallest absolute Gasteiger partial charge is 0.172 e. The molecule has 0 aliphatic heterocycles. The van der Waals surface area contributed by atoms with Crippen LogP contribution in [0.5, 0.6) is 0 Å². The molecule has 0 spiro atoms. The van der Waals surface area contributed by atoms with Gasteiger partial charge in [0.1, 0.15) is 6.26 Å². The molecular weight excluding hydrogens is 178 g/mol. The molecule has 14 heavy (non-hydrogen) atoms. The third kappa shape index (κ3) is 1.33. The lowest BCUT2D eigenvalue weighted by atomic mass is 10.0. The highest BCUT2D eigenvalue weighted by Gasteiger charge is 2.10. The van der Waals surface area contributed by atoms with Crippen LogP contribution in [0, 0.1) is 6.92 Å². The predicted octanol–water partition coefficient (Wildman–Crippen LogP) is 2.46. The van der Waals surface area contributed by atoms with Crippen molar-refractivity contribution >= 4 is 6.29 Å². The molecule has 0 saturated carbocycles. The number of aromatic nitrogens is 1. The van der Waals surface area contributed by atoms with Crippen molar-refractivity contribution in [3.05, 3.63) is 41.8 Å². The molecule has 1 aromatic heterocycles. The van der Waals surface area contributed by atoms with Gasteiger partial charge in [0, 0.05) is 0 Å². The Morgan fingerprint density at radius 3 is 2.79 bits per heavy atom. The van der Waals surface area contributed by atoms with Crippen molar-refractivity contribution in [3.8, 4) is 11.1 Å². The maximum absolute atomic E-state index is 10.7. The summed E-state index contributed by atoms with van der Waals surface area (Å²) in [6, 6.07) is 7.79.